The molecule has 1 amide bonds. The predicted molar refractivity (Wildman–Crippen MR) is 114 cm³/mol. The quantitative estimate of drug-likeness (QED) is 0.667. The molecule has 0 aliphatic carbocycles. The largest absolute Gasteiger partial charge is 0.372 e. The molecule has 2 heterocycles. The van der Waals surface area contributed by atoms with Gasteiger partial charge in [-0.25, -0.2) is 4.98 Å². The van der Waals surface area contributed by atoms with E-state index in [-0.39, 0.29) is 5.91 Å². The van der Waals surface area contributed by atoms with Crippen LogP contribution in [0.25, 0.3) is 0 Å². The van der Waals surface area contributed by atoms with Crippen LogP contribution in [-0.4, -0.2) is 24.0 Å². The van der Waals surface area contributed by atoms with Crippen LogP contribution in [0.5, 0.6) is 0 Å². The van der Waals surface area contributed by atoms with E-state index in [2.05, 4.69) is 44.8 Å². The third kappa shape index (κ3) is 4.49. The second kappa shape index (κ2) is 8.57. The van der Waals surface area contributed by atoms with Gasteiger partial charge in [0.1, 0.15) is 5.82 Å². The molecule has 3 aromatic rings. The van der Waals surface area contributed by atoms with Gasteiger partial charge in [-0.2, -0.15) is 0 Å². The highest BCUT2D eigenvalue weighted by Crippen LogP contribution is 2.22. The van der Waals surface area contributed by atoms with Crippen molar-refractivity contribution in [1.82, 2.24) is 4.98 Å². The Morgan fingerprint density at radius 2 is 1.71 bits per heavy atom. The maximum Gasteiger partial charge on any atom is 0.255 e. The summed E-state index contributed by atoms with van der Waals surface area (Å²) < 4.78 is 0. The Bertz CT molecular complexity index is 919. The van der Waals surface area contributed by atoms with Crippen molar-refractivity contribution in [3.63, 3.8) is 0 Å². The van der Waals surface area contributed by atoms with Crippen LogP contribution in [0.2, 0.25) is 0 Å². The number of nitrogens with one attached hydrogen (secondary N) is 2. The number of hydrogen-bond donors (Lipinski definition) is 2. The summed E-state index contributed by atoms with van der Waals surface area (Å²) in [5.74, 6) is 0.542. The third-order valence-corrected chi connectivity index (χ3v) is 4.93. The maximum atomic E-state index is 12.6. The molecule has 5 heteroatoms. The lowest BCUT2D eigenvalue weighted by molar-refractivity contribution is 0.102. The molecule has 142 valence electrons. The van der Waals surface area contributed by atoms with Gasteiger partial charge in [0, 0.05) is 42.8 Å². The van der Waals surface area contributed by atoms with Crippen LogP contribution in [0.4, 0.5) is 17.2 Å². The van der Waals surface area contributed by atoms with Crippen molar-refractivity contribution in [3.05, 3.63) is 84.1 Å². The molecular formula is C23H24N4O. The van der Waals surface area contributed by atoms with Gasteiger partial charge in [-0.05, 0) is 54.8 Å². The Kier molecular flexibility index (Phi) is 5.52. The summed E-state index contributed by atoms with van der Waals surface area (Å²) in [4.78, 5) is 19.3. The first kappa shape index (κ1) is 18.0. The number of carbonyl (C=O) groups excluding carboxylic acids is 1. The van der Waals surface area contributed by atoms with Gasteiger partial charge in [0.05, 0.1) is 0 Å². The van der Waals surface area contributed by atoms with Gasteiger partial charge in [-0.3, -0.25) is 4.79 Å². The summed E-state index contributed by atoms with van der Waals surface area (Å²) >= 11 is 0. The highest BCUT2D eigenvalue weighted by Gasteiger charge is 2.12. The third-order valence-electron chi connectivity index (χ3n) is 4.93. The number of benzene rings is 2. The minimum absolute atomic E-state index is 0.140. The zero-order chi connectivity index (χ0) is 19.2. The van der Waals surface area contributed by atoms with Gasteiger partial charge in [0.25, 0.3) is 5.91 Å². The van der Waals surface area contributed by atoms with E-state index in [1.165, 1.54) is 18.5 Å². The maximum absolute atomic E-state index is 12.6. The van der Waals surface area contributed by atoms with Crippen LogP contribution in [0.3, 0.4) is 0 Å². The second-order valence-electron chi connectivity index (χ2n) is 6.96. The summed E-state index contributed by atoms with van der Waals surface area (Å²) in [5.41, 5.74) is 3.75. The van der Waals surface area contributed by atoms with E-state index in [1.807, 2.05) is 30.3 Å². The number of nitrogens with zero attached hydrogens (tertiary/aromatic N) is 2. The molecule has 1 saturated heterocycles. The molecule has 0 atom stereocenters. The van der Waals surface area contributed by atoms with E-state index < -0.39 is 0 Å². The molecule has 1 aliphatic rings. The fraction of sp³-hybridized carbons (Fsp3) is 0.217. The number of pyridine rings is 1. The Labute approximate surface area is 165 Å². The van der Waals surface area contributed by atoms with Gasteiger partial charge in [0.2, 0.25) is 0 Å². The number of aromatic nitrogens is 1. The summed E-state index contributed by atoms with van der Waals surface area (Å²) in [5, 5.41) is 6.23. The lowest BCUT2D eigenvalue weighted by Gasteiger charge is -2.17. The molecule has 0 radical (unpaired) electrons. The molecule has 0 bridgehead atoms. The van der Waals surface area contributed by atoms with Crippen LogP contribution < -0.4 is 15.5 Å². The molecule has 2 aromatic carbocycles. The number of carbonyl (C=O) groups is 1. The lowest BCUT2D eigenvalue weighted by Crippen LogP contribution is -2.17. The van der Waals surface area contributed by atoms with Crippen molar-refractivity contribution < 1.29 is 4.79 Å². The molecule has 28 heavy (non-hydrogen) atoms. The monoisotopic (exact) mass is 372 g/mol. The van der Waals surface area contributed by atoms with Crippen molar-refractivity contribution in [3.8, 4) is 0 Å². The van der Waals surface area contributed by atoms with Crippen LogP contribution in [-0.2, 0) is 6.54 Å². The Morgan fingerprint density at radius 3 is 2.46 bits per heavy atom. The van der Waals surface area contributed by atoms with Gasteiger partial charge in [0.15, 0.2) is 0 Å². The van der Waals surface area contributed by atoms with Gasteiger partial charge in [-0.1, -0.05) is 30.3 Å². The number of hydrogen-bond acceptors (Lipinski definition) is 4. The summed E-state index contributed by atoms with van der Waals surface area (Å²) in [6.07, 6.45) is 4.15. The number of rotatable bonds is 6. The highest BCUT2D eigenvalue weighted by molar-refractivity contribution is 6.04. The molecule has 1 aromatic heterocycles. The van der Waals surface area contributed by atoms with E-state index >= 15 is 0 Å². The molecule has 1 fully saturated rings. The van der Waals surface area contributed by atoms with E-state index in [1.54, 1.807) is 18.3 Å². The smallest absolute Gasteiger partial charge is 0.255 e. The Balaban J connectivity index is 1.37. The minimum Gasteiger partial charge on any atom is -0.372 e. The fourth-order valence-corrected chi connectivity index (χ4v) is 3.39. The highest BCUT2D eigenvalue weighted by atomic mass is 16.1. The Hall–Kier alpha value is -3.34. The molecule has 4 rings (SSSR count). The topological polar surface area (TPSA) is 57.3 Å². The first-order valence-electron chi connectivity index (χ1n) is 9.68. The van der Waals surface area contributed by atoms with Crippen LogP contribution in [0, 0.1) is 0 Å². The molecule has 0 spiro atoms. The summed E-state index contributed by atoms with van der Waals surface area (Å²) in [6, 6.07) is 21.7. The number of amides is 1. The average Bonchev–Trinajstić information content (AvgIpc) is 3.29. The van der Waals surface area contributed by atoms with Crippen molar-refractivity contribution in [2.45, 2.75) is 19.4 Å². The second-order valence-corrected chi connectivity index (χ2v) is 6.96. The zero-order valence-corrected chi connectivity index (χ0v) is 15.8. The SMILES string of the molecule is O=C(Nc1ccc(N2CCCC2)cc1)c1ccnc(NCc2ccccc2)c1. The van der Waals surface area contributed by atoms with Crippen molar-refractivity contribution >= 4 is 23.1 Å². The van der Waals surface area contributed by atoms with E-state index in [0.29, 0.717) is 17.9 Å². The van der Waals surface area contributed by atoms with Gasteiger partial charge < -0.3 is 15.5 Å². The van der Waals surface area contributed by atoms with E-state index in [4.69, 9.17) is 0 Å². The molecule has 2 N–H and O–H groups in total. The first-order valence-corrected chi connectivity index (χ1v) is 9.68. The van der Waals surface area contributed by atoms with Crippen LogP contribution in [0.1, 0.15) is 28.8 Å². The molecular weight excluding hydrogens is 348 g/mol. The first-order chi connectivity index (χ1) is 13.8. The summed E-state index contributed by atoms with van der Waals surface area (Å²) in [7, 11) is 0. The molecule has 1 aliphatic heterocycles. The van der Waals surface area contributed by atoms with Crippen molar-refractivity contribution in [2.24, 2.45) is 0 Å². The summed E-state index contributed by atoms with van der Waals surface area (Å²) in [6.45, 7) is 2.89. The lowest BCUT2D eigenvalue weighted by atomic mass is 10.2. The average molecular weight is 372 g/mol. The number of anilines is 3. The van der Waals surface area contributed by atoms with Gasteiger partial charge >= 0.3 is 0 Å². The fourth-order valence-electron chi connectivity index (χ4n) is 3.39. The molecule has 0 unspecified atom stereocenters. The standard InChI is InChI=1S/C23H24N4O/c28-23(26-20-8-10-21(11-9-20)27-14-4-5-15-27)19-12-13-24-22(16-19)25-17-18-6-2-1-3-7-18/h1-3,6-13,16H,4-5,14-15,17H2,(H,24,25)(H,26,28). The van der Waals surface area contributed by atoms with Crippen LogP contribution >= 0.6 is 0 Å². The van der Waals surface area contributed by atoms with Crippen molar-refractivity contribution in [2.75, 3.05) is 28.6 Å². The van der Waals surface area contributed by atoms with Crippen molar-refractivity contribution in [1.29, 1.82) is 0 Å². The van der Waals surface area contributed by atoms with Gasteiger partial charge in [-0.15, -0.1) is 0 Å². The zero-order valence-electron chi connectivity index (χ0n) is 15.8. The van der Waals surface area contributed by atoms with E-state index in [9.17, 15) is 4.79 Å². The van der Waals surface area contributed by atoms with E-state index in [0.717, 1.165) is 24.3 Å². The normalized spacial score (nSPS) is 13.4. The Morgan fingerprint density at radius 1 is 0.964 bits per heavy atom. The molecule has 5 nitrogen and oxygen atoms in total. The van der Waals surface area contributed by atoms with Crippen LogP contribution in [0.15, 0.2) is 72.9 Å². The minimum atomic E-state index is -0.140. The molecule has 0 saturated carbocycles. The predicted octanol–water partition coefficient (Wildman–Crippen LogP) is 4.55.